The number of benzene rings is 2. The molecule has 0 saturated carbocycles. The van der Waals surface area contributed by atoms with Crippen LogP contribution < -0.4 is 10.6 Å². The summed E-state index contributed by atoms with van der Waals surface area (Å²) in [6.45, 7) is 16.3. The third kappa shape index (κ3) is 4.94. The van der Waals surface area contributed by atoms with Gasteiger partial charge in [0.15, 0.2) is 0 Å². The predicted octanol–water partition coefficient (Wildman–Crippen LogP) is 4.19. The van der Waals surface area contributed by atoms with Gasteiger partial charge in [-0.05, 0) is 29.5 Å². The van der Waals surface area contributed by atoms with Gasteiger partial charge in [0.1, 0.15) is 11.5 Å². The quantitative estimate of drug-likeness (QED) is 0.715. The molecule has 1 saturated heterocycles. The van der Waals surface area contributed by atoms with Gasteiger partial charge in [0.2, 0.25) is 0 Å². The van der Waals surface area contributed by atoms with Crippen molar-refractivity contribution in [3.8, 4) is 0 Å². The van der Waals surface area contributed by atoms with Crippen molar-refractivity contribution in [3.63, 3.8) is 0 Å². The zero-order valence-electron chi connectivity index (χ0n) is 18.4. The molecule has 5 heteroatoms. The molecule has 0 aromatic heterocycles. The van der Waals surface area contributed by atoms with Crippen molar-refractivity contribution in [2.24, 2.45) is 22.0 Å². The van der Waals surface area contributed by atoms with Crippen molar-refractivity contribution in [1.29, 1.82) is 0 Å². The maximum Gasteiger partial charge on any atom is 0.134 e. The SMILES string of the molecule is C=C1NC(C2CN(Cc3ccccc3)CC2C)=NN=C1CNC(=C)c1ccccc1C. The van der Waals surface area contributed by atoms with Crippen LogP contribution in [0, 0.1) is 18.8 Å². The molecule has 0 spiro atoms. The molecule has 0 radical (unpaired) electrons. The second-order valence-corrected chi connectivity index (χ2v) is 8.55. The molecule has 2 aliphatic rings. The monoisotopic (exact) mass is 413 g/mol. The Morgan fingerprint density at radius 1 is 1.10 bits per heavy atom. The van der Waals surface area contributed by atoms with E-state index in [9.17, 15) is 0 Å². The first-order chi connectivity index (χ1) is 15.0. The summed E-state index contributed by atoms with van der Waals surface area (Å²) in [4.78, 5) is 2.49. The molecule has 2 atom stereocenters. The van der Waals surface area contributed by atoms with Crippen LogP contribution in [-0.4, -0.2) is 36.1 Å². The van der Waals surface area contributed by atoms with E-state index in [1.807, 2.05) is 12.1 Å². The van der Waals surface area contributed by atoms with Crippen LogP contribution in [0.15, 0.2) is 83.7 Å². The second-order valence-electron chi connectivity index (χ2n) is 8.55. The first-order valence-electron chi connectivity index (χ1n) is 10.9. The molecule has 160 valence electrons. The van der Waals surface area contributed by atoms with Crippen LogP contribution in [0.25, 0.3) is 5.70 Å². The minimum Gasteiger partial charge on any atom is -0.379 e. The highest BCUT2D eigenvalue weighted by atomic mass is 15.3. The van der Waals surface area contributed by atoms with Crippen LogP contribution in [0.1, 0.15) is 23.6 Å². The number of nitrogens with zero attached hydrogens (tertiary/aromatic N) is 3. The first kappa shape index (κ1) is 21.1. The van der Waals surface area contributed by atoms with E-state index in [2.05, 4.69) is 95.2 Å². The molecule has 2 unspecified atom stereocenters. The lowest BCUT2D eigenvalue weighted by Gasteiger charge is -2.23. The summed E-state index contributed by atoms with van der Waals surface area (Å²) in [5.74, 6) is 1.77. The molecule has 0 bridgehead atoms. The minimum atomic E-state index is 0.334. The van der Waals surface area contributed by atoms with Gasteiger partial charge < -0.3 is 10.6 Å². The maximum atomic E-state index is 4.54. The van der Waals surface area contributed by atoms with Crippen LogP contribution in [0.4, 0.5) is 0 Å². The predicted molar refractivity (Wildman–Crippen MR) is 130 cm³/mol. The van der Waals surface area contributed by atoms with E-state index >= 15 is 0 Å². The third-order valence-electron chi connectivity index (χ3n) is 6.13. The van der Waals surface area contributed by atoms with Crippen LogP contribution in [0.2, 0.25) is 0 Å². The van der Waals surface area contributed by atoms with Crippen LogP contribution in [0.5, 0.6) is 0 Å². The van der Waals surface area contributed by atoms with Crippen molar-refractivity contribution in [2.75, 3.05) is 19.6 Å². The van der Waals surface area contributed by atoms with Crippen LogP contribution >= 0.6 is 0 Å². The molecule has 31 heavy (non-hydrogen) atoms. The molecule has 2 heterocycles. The van der Waals surface area contributed by atoms with E-state index < -0.39 is 0 Å². The summed E-state index contributed by atoms with van der Waals surface area (Å²) in [5, 5.41) is 15.8. The summed E-state index contributed by atoms with van der Waals surface area (Å²) in [7, 11) is 0. The molecule has 2 aromatic rings. The molecule has 0 amide bonds. The highest BCUT2D eigenvalue weighted by Gasteiger charge is 2.34. The standard InChI is InChI=1S/C26H31N5/c1-18-10-8-9-13-23(18)20(3)27-14-25-21(4)28-26(30-29-25)24-17-31(15-19(24)2)16-22-11-6-5-7-12-22/h5-13,19,24,27H,3-4,14-17H2,1-2H3,(H,28,30). The van der Waals surface area contributed by atoms with Gasteiger partial charge in [-0.2, -0.15) is 0 Å². The molecular formula is C26H31N5. The molecule has 0 aliphatic carbocycles. The second kappa shape index (κ2) is 9.31. The topological polar surface area (TPSA) is 52.0 Å². The van der Waals surface area contributed by atoms with Crippen LogP contribution in [0.3, 0.4) is 0 Å². The molecular weight excluding hydrogens is 382 g/mol. The Kier molecular flexibility index (Phi) is 6.33. The zero-order valence-corrected chi connectivity index (χ0v) is 18.4. The molecule has 4 rings (SSSR count). The molecule has 2 aromatic carbocycles. The number of aryl methyl sites for hydroxylation is 1. The molecule has 1 fully saturated rings. The molecule has 5 nitrogen and oxygen atoms in total. The summed E-state index contributed by atoms with van der Waals surface area (Å²) in [5.41, 5.74) is 6.15. The Balaban J connectivity index is 1.37. The number of hydrogen-bond donors (Lipinski definition) is 2. The Morgan fingerprint density at radius 3 is 2.58 bits per heavy atom. The van der Waals surface area contributed by atoms with Gasteiger partial charge in [0.25, 0.3) is 0 Å². The largest absolute Gasteiger partial charge is 0.379 e. The maximum absolute atomic E-state index is 4.54. The van der Waals surface area contributed by atoms with Crippen molar-refractivity contribution >= 4 is 17.2 Å². The fourth-order valence-electron chi connectivity index (χ4n) is 4.33. The Bertz CT molecular complexity index is 1020. The number of amidine groups is 1. The van der Waals surface area contributed by atoms with E-state index in [1.165, 1.54) is 11.1 Å². The van der Waals surface area contributed by atoms with Gasteiger partial charge in [0, 0.05) is 31.2 Å². The number of rotatable bonds is 7. The van der Waals surface area contributed by atoms with Gasteiger partial charge in [-0.1, -0.05) is 74.7 Å². The third-order valence-corrected chi connectivity index (χ3v) is 6.13. The van der Waals surface area contributed by atoms with Crippen molar-refractivity contribution in [1.82, 2.24) is 15.5 Å². The summed E-state index contributed by atoms with van der Waals surface area (Å²) >= 11 is 0. The summed E-state index contributed by atoms with van der Waals surface area (Å²) < 4.78 is 0. The molecule has 2 N–H and O–H groups in total. The van der Waals surface area contributed by atoms with Crippen LogP contribution in [-0.2, 0) is 6.54 Å². The van der Waals surface area contributed by atoms with Gasteiger partial charge in [-0.25, -0.2) is 0 Å². The average Bonchev–Trinajstić information content (AvgIpc) is 3.13. The van der Waals surface area contributed by atoms with Gasteiger partial charge in [-0.3, -0.25) is 4.90 Å². The van der Waals surface area contributed by atoms with Crippen molar-refractivity contribution in [3.05, 3.63) is 90.1 Å². The highest BCUT2D eigenvalue weighted by molar-refractivity contribution is 6.07. The van der Waals surface area contributed by atoms with Gasteiger partial charge in [-0.15, -0.1) is 10.2 Å². The van der Waals surface area contributed by atoms with Crippen molar-refractivity contribution in [2.45, 2.75) is 20.4 Å². The summed E-state index contributed by atoms with van der Waals surface area (Å²) in [6, 6.07) is 18.8. The first-order valence-corrected chi connectivity index (χ1v) is 10.9. The Labute approximate surface area is 185 Å². The number of nitrogens with one attached hydrogen (secondary N) is 2. The Morgan fingerprint density at radius 2 is 1.84 bits per heavy atom. The van der Waals surface area contributed by atoms with Gasteiger partial charge >= 0.3 is 0 Å². The van der Waals surface area contributed by atoms with E-state index in [0.29, 0.717) is 18.4 Å². The normalized spacial score (nSPS) is 21.3. The molecule has 2 aliphatic heterocycles. The zero-order chi connectivity index (χ0) is 21.8. The average molecular weight is 414 g/mol. The minimum absolute atomic E-state index is 0.334. The highest BCUT2D eigenvalue weighted by Crippen LogP contribution is 2.26. The lowest BCUT2D eigenvalue weighted by atomic mass is 9.96. The smallest absolute Gasteiger partial charge is 0.134 e. The van der Waals surface area contributed by atoms with E-state index in [1.54, 1.807) is 0 Å². The van der Waals surface area contributed by atoms with E-state index in [0.717, 1.165) is 48.1 Å². The van der Waals surface area contributed by atoms with E-state index in [4.69, 9.17) is 0 Å². The summed E-state index contributed by atoms with van der Waals surface area (Å²) in [6.07, 6.45) is 0. The Hall–Kier alpha value is -3.18. The van der Waals surface area contributed by atoms with Gasteiger partial charge in [0.05, 0.1) is 12.2 Å². The van der Waals surface area contributed by atoms with Crippen molar-refractivity contribution < 1.29 is 0 Å². The van der Waals surface area contributed by atoms with E-state index in [-0.39, 0.29) is 0 Å². The fraction of sp³-hybridized carbons (Fsp3) is 0.308. The lowest BCUT2D eigenvalue weighted by Crippen LogP contribution is -2.40. The lowest BCUT2D eigenvalue weighted by molar-refractivity contribution is 0.318. The fourth-order valence-corrected chi connectivity index (χ4v) is 4.33. The number of hydrogen-bond acceptors (Lipinski definition) is 5. The number of likely N-dealkylation sites (tertiary alicyclic amines) is 1.